The molecule has 1 aromatic heterocycles. The number of phenolic OH excluding ortho intramolecular Hbond substituents is 1. The molecule has 0 bridgehead atoms. The molecule has 2 aromatic carbocycles. The number of carbonyl (C=O) groups excluding carboxylic acids is 2. The zero-order chi connectivity index (χ0) is 24.4. The van der Waals surface area contributed by atoms with Crippen molar-refractivity contribution in [2.75, 3.05) is 20.3 Å². The van der Waals surface area contributed by atoms with E-state index in [1.807, 2.05) is 6.92 Å². The average molecular weight is 466 g/mol. The highest BCUT2D eigenvalue weighted by atomic mass is 16.5. The van der Waals surface area contributed by atoms with Gasteiger partial charge in [-0.05, 0) is 43.2 Å². The monoisotopic (exact) mass is 465 g/mol. The molecule has 1 atom stereocenters. The smallest absolute Gasteiger partial charge is 0.290 e. The molecule has 1 aliphatic rings. The Bertz CT molecular complexity index is 1270. The molecule has 2 N–H and O–H groups in total. The van der Waals surface area contributed by atoms with E-state index >= 15 is 0 Å². The van der Waals surface area contributed by atoms with Gasteiger partial charge < -0.3 is 29.0 Å². The zero-order valence-electron chi connectivity index (χ0n) is 19.3. The van der Waals surface area contributed by atoms with E-state index in [1.54, 1.807) is 43.3 Å². The lowest BCUT2D eigenvalue weighted by Gasteiger charge is -2.27. The molecule has 1 aliphatic heterocycles. The molecule has 8 nitrogen and oxygen atoms in total. The number of unbranched alkanes of at least 4 members (excludes halogenated alkanes) is 1. The highest BCUT2D eigenvalue weighted by Crippen LogP contribution is 2.42. The molecule has 178 valence electrons. The summed E-state index contributed by atoms with van der Waals surface area (Å²) in [6.45, 7) is 4.45. The number of furan rings is 1. The number of amides is 1. The van der Waals surface area contributed by atoms with Gasteiger partial charge in [0.1, 0.15) is 0 Å². The van der Waals surface area contributed by atoms with Gasteiger partial charge in [0.2, 0.25) is 5.78 Å². The highest BCUT2D eigenvalue weighted by Gasteiger charge is 2.44. The maximum atomic E-state index is 13.6. The maximum Gasteiger partial charge on any atom is 0.290 e. The van der Waals surface area contributed by atoms with Gasteiger partial charge >= 0.3 is 0 Å². The molecule has 0 spiro atoms. The van der Waals surface area contributed by atoms with Crippen LogP contribution in [0.1, 0.15) is 48.8 Å². The fourth-order valence-electron chi connectivity index (χ4n) is 4.20. The largest absolute Gasteiger partial charge is 0.504 e. The second-order valence-electron chi connectivity index (χ2n) is 8.00. The number of aliphatic hydroxyl groups is 1. The number of benzene rings is 2. The zero-order valence-corrected chi connectivity index (χ0v) is 19.3. The predicted molar refractivity (Wildman–Crippen MR) is 125 cm³/mol. The Labute approximate surface area is 197 Å². The van der Waals surface area contributed by atoms with Crippen molar-refractivity contribution in [3.63, 3.8) is 0 Å². The van der Waals surface area contributed by atoms with Gasteiger partial charge in [0.15, 0.2) is 34.4 Å². The molecule has 0 radical (unpaired) electrons. The number of ketones is 1. The Morgan fingerprint density at radius 1 is 1.12 bits per heavy atom. The molecule has 8 heteroatoms. The third-order valence-corrected chi connectivity index (χ3v) is 5.85. The molecule has 0 aliphatic carbocycles. The van der Waals surface area contributed by atoms with E-state index in [2.05, 4.69) is 0 Å². The van der Waals surface area contributed by atoms with Crippen LogP contribution in [0.25, 0.3) is 11.0 Å². The Morgan fingerprint density at radius 2 is 1.91 bits per heavy atom. The summed E-state index contributed by atoms with van der Waals surface area (Å²) in [5.74, 6) is -1.20. The van der Waals surface area contributed by atoms with Crippen molar-refractivity contribution in [1.82, 2.24) is 4.90 Å². The standard InChI is InChI=1S/C26H27NO7/c1-4-6-12-27-22(15-10-11-17(28)19(13-15)33-5-2)21(24(30)26(27)31)23(29)20-14-16-8-7-9-18(32-3)25(16)34-20/h7-11,13-14,22,28,30H,4-6,12H2,1-3H3. The van der Waals surface area contributed by atoms with Crippen molar-refractivity contribution in [1.29, 1.82) is 0 Å². The summed E-state index contributed by atoms with van der Waals surface area (Å²) in [7, 11) is 1.51. The second kappa shape index (κ2) is 9.51. The fourth-order valence-corrected chi connectivity index (χ4v) is 4.20. The van der Waals surface area contributed by atoms with Gasteiger partial charge in [0, 0.05) is 11.9 Å². The lowest BCUT2D eigenvalue weighted by molar-refractivity contribution is -0.129. The van der Waals surface area contributed by atoms with Crippen LogP contribution in [0.2, 0.25) is 0 Å². The first-order valence-electron chi connectivity index (χ1n) is 11.2. The number of ether oxygens (including phenoxy) is 2. The van der Waals surface area contributed by atoms with Gasteiger partial charge in [0.05, 0.1) is 25.3 Å². The molecule has 3 aromatic rings. The Balaban J connectivity index is 1.82. The third-order valence-electron chi connectivity index (χ3n) is 5.85. The maximum absolute atomic E-state index is 13.6. The summed E-state index contributed by atoms with van der Waals surface area (Å²) in [4.78, 5) is 28.1. The number of fused-ring (bicyclic) bond motifs is 1. The van der Waals surface area contributed by atoms with Gasteiger partial charge in [-0.2, -0.15) is 0 Å². The number of carbonyl (C=O) groups is 2. The van der Waals surface area contributed by atoms with E-state index < -0.39 is 23.5 Å². The normalized spacial score (nSPS) is 15.9. The van der Waals surface area contributed by atoms with Crippen LogP contribution in [0.5, 0.6) is 17.2 Å². The number of phenols is 1. The quantitative estimate of drug-likeness (QED) is 0.432. The molecule has 1 unspecified atom stereocenters. The number of para-hydroxylation sites is 1. The number of nitrogens with zero attached hydrogens (tertiary/aromatic N) is 1. The first kappa shape index (κ1) is 23.2. The van der Waals surface area contributed by atoms with Crippen LogP contribution in [0, 0.1) is 0 Å². The number of methoxy groups -OCH3 is 1. The van der Waals surface area contributed by atoms with E-state index in [4.69, 9.17) is 13.9 Å². The number of hydrogen-bond donors (Lipinski definition) is 2. The molecule has 1 amide bonds. The molecular formula is C26H27NO7. The average Bonchev–Trinajstić information content (AvgIpc) is 3.38. The van der Waals surface area contributed by atoms with Crippen molar-refractivity contribution in [2.45, 2.75) is 32.7 Å². The number of rotatable bonds is 9. The van der Waals surface area contributed by atoms with Crippen LogP contribution in [0.3, 0.4) is 0 Å². The topological polar surface area (TPSA) is 109 Å². The van der Waals surface area contributed by atoms with Gasteiger partial charge in [-0.15, -0.1) is 0 Å². The SMILES string of the molecule is CCCCN1C(=O)C(O)=C(C(=O)c2cc3cccc(OC)c3o2)C1c1ccc(O)c(OCC)c1. The summed E-state index contributed by atoms with van der Waals surface area (Å²) >= 11 is 0. The van der Waals surface area contributed by atoms with E-state index in [0.717, 1.165) is 6.42 Å². The highest BCUT2D eigenvalue weighted by molar-refractivity contribution is 6.16. The van der Waals surface area contributed by atoms with Crippen LogP contribution in [-0.2, 0) is 4.79 Å². The molecular weight excluding hydrogens is 438 g/mol. The van der Waals surface area contributed by atoms with Crippen LogP contribution >= 0.6 is 0 Å². The van der Waals surface area contributed by atoms with E-state index in [0.29, 0.717) is 41.9 Å². The molecule has 34 heavy (non-hydrogen) atoms. The molecule has 2 heterocycles. The molecule has 0 saturated carbocycles. The van der Waals surface area contributed by atoms with Gasteiger partial charge in [-0.25, -0.2) is 0 Å². The Morgan fingerprint density at radius 3 is 2.62 bits per heavy atom. The summed E-state index contributed by atoms with van der Waals surface area (Å²) in [6, 6.07) is 10.6. The molecule has 4 rings (SSSR count). The first-order chi connectivity index (χ1) is 16.4. The van der Waals surface area contributed by atoms with Gasteiger partial charge in [0.25, 0.3) is 5.91 Å². The van der Waals surface area contributed by atoms with Crippen LogP contribution < -0.4 is 9.47 Å². The first-order valence-corrected chi connectivity index (χ1v) is 11.2. The van der Waals surface area contributed by atoms with Crippen molar-refractivity contribution in [3.8, 4) is 17.2 Å². The summed E-state index contributed by atoms with van der Waals surface area (Å²) in [5, 5.41) is 21.6. The number of aliphatic hydroxyl groups excluding tert-OH is 1. The molecule has 0 fully saturated rings. The number of hydrogen-bond acceptors (Lipinski definition) is 7. The Kier molecular flexibility index (Phi) is 6.49. The lowest BCUT2D eigenvalue weighted by atomic mass is 9.94. The van der Waals surface area contributed by atoms with E-state index in [1.165, 1.54) is 18.1 Å². The van der Waals surface area contributed by atoms with Crippen molar-refractivity contribution < 1.29 is 33.7 Å². The van der Waals surface area contributed by atoms with Crippen LogP contribution in [0.15, 0.2) is 58.2 Å². The summed E-state index contributed by atoms with van der Waals surface area (Å²) in [6.07, 6.45) is 1.51. The minimum atomic E-state index is -0.860. The van der Waals surface area contributed by atoms with Crippen LogP contribution in [0.4, 0.5) is 0 Å². The van der Waals surface area contributed by atoms with E-state index in [-0.39, 0.29) is 22.8 Å². The number of aromatic hydroxyl groups is 1. The van der Waals surface area contributed by atoms with E-state index in [9.17, 15) is 19.8 Å². The lowest BCUT2D eigenvalue weighted by Crippen LogP contribution is -2.32. The molecule has 0 saturated heterocycles. The third kappa shape index (κ3) is 3.96. The Hall–Kier alpha value is -3.94. The summed E-state index contributed by atoms with van der Waals surface area (Å²) in [5.41, 5.74) is 0.861. The minimum Gasteiger partial charge on any atom is -0.504 e. The minimum absolute atomic E-state index is 0.0139. The van der Waals surface area contributed by atoms with Gasteiger partial charge in [-0.3, -0.25) is 9.59 Å². The summed E-state index contributed by atoms with van der Waals surface area (Å²) < 4.78 is 16.6. The fraction of sp³-hybridized carbons (Fsp3) is 0.308. The van der Waals surface area contributed by atoms with Crippen LogP contribution in [-0.4, -0.2) is 47.1 Å². The predicted octanol–water partition coefficient (Wildman–Crippen LogP) is 4.92. The van der Waals surface area contributed by atoms with Gasteiger partial charge in [-0.1, -0.05) is 31.5 Å². The van der Waals surface area contributed by atoms with Crippen molar-refractivity contribution in [3.05, 3.63) is 65.1 Å². The van der Waals surface area contributed by atoms with Crippen molar-refractivity contribution in [2.24, 2.45) is 0 Å². The number of Topliss-reactive ketones (excluding diaryl/α,β-unsaturated/α-hetero) is 1. The van der Waals surface area contributed by atoms with Crippen molar-refractivity contribution >= 4 is 22.7 Å². The second-order valence-corrected chi connectivity index (χ2v) is 8.00.